The van der Waals surface area contributed by atoms with Gasteiger partial charge in [0.05, 0.1) is 12.2 Å². The maximum Gasteiger partial charge on any atom is 0.265 e. The van der Waals surface area contributed by atoms with Gasteiger partial charge < -0.3 is 15.0 Å². The molecule has 1 aliphatic heterocycles. The first-order valence-electron chi connectivity index (χ1n) is 8.91. The summed E-state index contributed by atoms with van der Waals surface area (Å²) in [6.07, 6.45) is 0.891. The highest BCUT2D eigenvalue weighted by atomic mass is 16.5. The maximum absolute atomic E-state index is 12.3. The molecule has 2 aromatic rings. The number of aryl methyl sites for hydroxylation is 1. The average molecular weight is 352 g/mol. The molecule has 0 saturated carbocycles. The monoisotopic (exact) mass is 352 g/mol. The molecule has 0 fully saturated rings. The van der Waals surface area contributed by atoms with Crippen molar-refractivity contribution in [2.45, 2.75) is 39.8 Å². The fourth-order valence-electron chi connectivity index (χ4n) is 2.84. The summed E-state index contributed by atoms with van der Waals surface area (Å²) in [6, 6.07) is 13.4. The highest BCUT2D eigenvalue weighted by molar-refractivity contribution is 5.98. The van der Waals surface area contributed by atoms with Gasteiger partial charge in [-0.15, -0.1) is 0 Å². The predicted octanol–water partition coefficient (Wildman–Crippen LogP) is 3.45. The predicted molar refractivity (Wildman–Crippen MR) is 102 cm³/mol. The van der Waals surface area contributed by atoms with E-state index in [4.69, 9.17) is 4.74 Å². The van der Waals surface area contributed by atoms with Crippen molar-refractivity contribution in [1.82, 2.24) is 5.32 Å². The van der Waals surface area contributed by atoms with Crippen LogP contribution in [0.3, 0.4) is 0 Å². The van der Waals surface area contributed by atoms with Crippen LogP contribution in [-0.4, -0.2) is 24.5 Å². The summed E-state index contributed by atoms with van der Waals surface area (Å²) in [5.74, 6) is 0.579. The second-order valence-corrected chi connectivity index (χ2v) is 6.72. The van der Waals surface area contributed by atoms with Crippen molar-refractivity contribution in [3.05, 3.63) is 59.2 Å². The van der Waals surface area contributed by atoms with Crippen LogP contribution in [0.1, 0.15) is 41.8 Å². The van der Waals surface area contributed by atoms with Gasteiger partial charge >= 0.3 is 0 Å². The smallest absolute Gasteiger partial charge is 0.265 e. The lowest BCUT2D eigenvalue weighted by Gasteiger charge is -2.29. The molecule has 0 aliphatic carbocycles. The van der Waals surface area contributed by atoms with Gasteiger partial charge in [0.25, 0.3) is 11.8 Å². The van der Waals surface area contributed by atoms with Gasteiger partial charge in [0.2, 0.25) is 0 Å². The number of rotatable bonds is 5. The molecule has 5 nitrogen and oxygen atoms in total. The zero-order valence-corrected chi connectivity index (χ0v) is 15.4. The fourth-order valence-corrected chi connectivity index (χ4v) is 2.84. The third kappa shape index (κ3) is 3.87. The quantitative estimate of drug-likeness (QED) is 0.897. The third-order valence-electron chi connectivity index (χ3n) is 4.60. The Morgan fingerprint density at radius 3 is 2.65 bits per heavy atom. The van der Waals surface area contributed by atoms with Crippen LogP contribution < -0.4 is 15.0 Å². The first kappa shape index (κ1) is 18.0. The highest BCUT2D eigenvalue weighted by Crippen LogP contribution is 2.33. The van der Waals surface area contributed by atoms with Crippen molar-refractivity contribution >= 4 is 17.5 Å². The number of carbonyl (C=O) groups is 2. The normalized spacial score (nSPS) is 14.4. The van der Waals surface area contributed by atoms with Gasteiger partial charge in [-0.25, -0.2) is 0 Å². The number of nitrogens with zero attached hydrogens (tertiary/aromatic N) is 1. The molecule has 1 heterocycles. The molecular formula is C21H24N2O3. The second-order valence-electron chi connectivity index (χ2n) is 6.72. The van der Waals surface area contributed by atoms with Crippen molar-refractivity contribution in [1.29, 1.82) is 0 Å². The summed E-state index contributed by atoms with van der Waals surface area (Å²) in [5.41, 5.74) is 3.45. The number of fused-ring (bicyclic) bond motifs is 1. The molecule has 2 aromatic carbocycles. The maximum atomic E-state index is 12.3. The summed E-state index contributed by atoms with van der Waals surface area (Å²) in [6.45, 7) is 6.50. The summed E-state index contributed by atoms with van der Waals surface area (Å²) in [4.78, 5) is 26.3. The van der Waals surface area contributed by atoms with E-state index in [1.54, 1.807) is 17.0 Å². The first-order valence-corrected chi connectivity index (χ1v) is 8.91. The number of benzene rings is 2. The molecule has 26 heavy (non-hydrogen) atoms. The third-order valence-corrected chi connectivity index (χ3v) is 4.60. The Labute approximate surface area is 154 Å². The van der Waals surface area contributed by atoms with Crippen molar-refractivity contribution in [3.8, 4) is 5.75 Å². The molecule has 1 unspecified atom stereocenters. The van der Waals surface area contributed by atoms with E-state index in [0.29, 0.717) is 12.1 Å². The average Bonchev–Trinajstić information content (AvgIpc) is 2.64. The molecule has 3 rings (SSSR count). The number of hydrogen-bond donors (Lipinski definition) is 1. The molecule has 0 spiro atoms. The molecule has 5 heteroatoms. The van der Waals surface area contributed by atoms with Crippen LogP contribution in [0.2, 0.25) is 0 Å². The van der Waals surface area contributed by atoms with Gasteiger partial charge in [0.15, 0.2) is 6.61 Å². The number of hydrogen-bond acceptors (Lipinski definition) is 3. The van der Waals surface area contributed by atoms with Crippen molar-refractivity contribution in [2.24, 2.45) is 0 Å². The van der Waals surface area contributed by atoms with Crippen LogP contribution in [0.4, 0.5) is 5.69 Å². The zero-order valence-electron chi connectivity index (χ0n) is 15.4. The van der Waals surface area contributed by atoms with Gasteiger partial charge in [0, 0.05) is 11.6 Å². The molecule has 136 valence electrons. The summed E-state index contributed by atoms with van der Waals surface area (Å²) >= 11 is 0. The number of carbonyl (C=O) groups excluding carboxylic acids is 2. The summed E-state index contributed by atoms with van der Waals surface area (Å²) in [7, 11) is 0. The fraction of sp³-hybridized carbons (Fsp3) is 0.333. The lowest BCUT2D eigenvalue weighted by atomic mass is 10.1. The molecule has 1 aliphatic rings. The highest BCUT2D eigenvalue weighted by Gasteiger charge is 2.25. The van der Waals surface area contributed by atoms with E-state index in [1.807, 2.05) is 51.1 Å². The zero-order chi connectivity index (χ0) is 18.7. The summed E-state index contributed by atoms with van der Waals surface area (Å²) in [5, 5.41) is 2.95. The van der Waals surface area contributed by atoms with Crippen LogP contribution in [-0.2, 0) is 11.3 Å². The van der Waals surface area contributed by atoms with Gasteiger partial charge in [-0.2, -0.15) is 0 Å². The van der Waals surface area contributed by atoms with Gasteiger partial charge in [-0.05, 0) is 55.7 Å². The van der Waals surface area contributed by atoms with Gasteiger partial charge in [-0.3, -0.25) is 9.59 Å². The Morgan fingerprint density at radius 1 is 1.23 bits per heavy atom. The van der Waals surface area contributed by atoms with Crippen molar-refractivity contribution < 1.29 is 14.3 Å². The first-order chi connectivity index (χ1) is 12.5. The molecule has 1 atom stereocenters. The van der Waals surface area contributed by atoms with E-state index < -0.39 is 0 Å². The standard InChI is InChI=1S/C21H24N2O3/c1-4-15(3)22-21(25)17-8-6-16(7-9-17)12-23-18-11-14(2)5-10-19(18)26-13-20(23)24/h5-11,15H,4,12-13H2,1-3H3,(H,22,25). The summed E-state index contributed by atoms with van der Waals surface area (Å²) < 4.78 is 5.51. The molecule has 2 amide bonds. The Bertz CT molecular complexity index is 815. The number of nitrogens with one attached hydrogen (secondary N) is 1. The largest absolute Gasteiger partial charge is 0.482 e. The van der Waals surface area contributed by atoms with Crippen molar-refractivity contribution in [3.63, 3.8) is 0 Å². The molecule has 1 N–H and O–H groups in total. The van der Waals surface area contributed by atoms with Gasteiger partial charge in [0.1, 0.15) is 5.75 Å². The van der Waals surface area contributed by atoms with E-state index in [2.05, 4.69) is 5.32 Å². The van der Waals surface area contributed by atoms with Crippen LogP contribution in [0, 0.1) is 6.92 Å². The van der Waals surface area contributed by atoms with Crippen molar-refractivity contribution in [2.75, 3.05) is 11.5 Å². The number of amides is 2. The molecule has 0 aromatic heterocycles. The lowest BCUT2D eigenvalue weighted by molar-refractivity contribution is -0.121. The minimum Gasteiger partial charge on any atom is -0.482 e. The Morgan fingerprint density at radius 2 is 1.96 bits per heavy atom. The van der Waals surface area contributed by atoms with E-state index in [1.165, 1.54) is 0 Å². The molecular weight excluding hydrogens is 328 g/mol. The molecule has 0 radical (unpaired) electrons. The van der Waals surface area contributed by atoms with E-state index in [9.17, 15) is 9.59 Å². The minimum absolute atomic E-state index is 0.0471. The lowest BCUT2D eigenvalue weighted by Crippen LogP contribution is -2.38. The van der Waals surface area contributed by atoms with Crippen LogP contribution in [0.5, 0.6) is 5.75 Å². The van der Waals surface area contributed by atoms with Crippen LogP contribution >= 0.6 is 0 Å². The topological polar surface area (TPSA) is 58.6 Å². The van der Waals surface area contributed by atoms with E-state index >= 15 is 0 Å². The SMILES string of the molecule is CCC(C)NC(=O)c1ccc(CN2C(=O)COc3ccc(C)cc32)cc1. The molecule has 0 bridgehead atoms. The van der Waals surface area contributed by atoms with Crippen LogP contribution in [0.15, 0.2) is 42.5 Å². The minimum atomic E-state index is -0.0747. The Balaban J connectivity index is 1.76. The Kier molecular flexibility index (Phi) is 5.26. The van der Waals surface area contributed by atoms with Gasteiger partial charge in [-0.1, -0.05) is 25.1 Å². The van der Waals surface area contributed by atoms with E-state index in [0.717, 1.165) is 29.0 Å². The molecule has 0 saturated heterocycles. The van der Waals surface area contributed by atoms with E-state index in [-0.39, 0.29) is 24.5 Å². The number of ether oxygens (including phenoxy) is 1. The Hall–Kier alpha value is -2.82. The number of anilines is 1. The second kappa shape index (κ2) is 7.60. The van der Waals surface area contributed by atoms with Crippen LogP contribution in [0.25, 0.3) is 0 Å².